The lowest BCUT2D eigenvalue weighted by molar-refractivity contribution is -0.132. The van der Waals surface area contributed by atoms with Gasteiger partial charge in [0.25, 0.3) is 0 Å². The first kappa shape index (κ1) is 17.4. The Morgan fingerprint density at radius 1 is 1.16 bits per heavy atom. The van der Waals surface area contributed by atoms with Crippen molar-refractivity contribution >= 4 is 11.9 Å². The van der Waals surface area contributed by atoms with Gasteiger partial charge in [0.1, 0.15) is 0 Å². The van der Waals surface area contributed by atoms with Crippen molar-refractivity contribution in [3.63, 3.8) is 0 Å². The van der Waals surface area contributed by atoms with Crippen molar-refractivity contribution in [2.75, 3.05) is 25.0 Å². The quantitative estimate of drug-likeness (QED) is 0.843. The summed E-state index contributed by atoms with van der Waals surface area (Å²) in [5.74, 6) is 0.887. The van der Waals surface area contributed by atoms with Crippen molar-refractivity contribution in [1.29, 1.82) is 0 Å². The maximum atomic E-state index is 12.3. The summed E-state index contributed by atoms with van der Waals surface area (Å²) in [4.78, 5) is 22.4. The minimum absolute atomic E-state index is 0.135. The normalized spacial score (nSPS) is 16.4. The van der Waals surface area contributed by atoms with Gasteiger partial charge in [0.05, 0.1) is 6.10 Å². The highest BCUT2D eigenvalue weighted by Crippen LogP contribution is 2.30. The van der Waals surface area contributed by atoms with Gasteiger partial charge < -0.3 is 15.3 Å². The number of piperidine rings is 1. The summed E-state index contributed by atoms with van der Waals surface area (Å²) in [7, 11) is 0. The van der Waals surface area contributed by atoms with E-state index in [2.05, 4.69) is 15.3 Å². The van der Waals surface area contributed by atoms with E-state index in [0.29, 0.717) is 32.0 Å². The Morgan fingerprint density at radius 3 is 2.52 bits per heavy atom. The second-order valence-electron chi connectivity index (χ2n) is 6.32. The molecule has 1 aliphatic heterocycles. The van der Waals surface area contributed by atoms with Crippen LogP contribution in [0.3, 0.4) is 0 Å². The monoisotopic (exact) mass is 340 g/mol. The molecule has 1 aliphatic rings. The summed E-state index contributed by atoms with van der Waals surface area (Å²) >= 11 is 0. The molecule has 2 aromatic rings. The molecular formula is C19H24N4O2. The topological polar surface area (TPSA) is 78.4 Å². The number of nitrogens with zero attached hydrogens (tertiary/aromatic N) is 3. The Morgan fingerprint density at radius 2 is 1.84 bits per heavy atom. The van der Waals surface area contributed by atoms with Crippen LogP contribution >= 0.6 is 0 Å². The van der Waals surface area contributed by atoms with E-state index in [0.717, 1.165) is 18.4 Å². The molecule has 6 heteroatoms. The van der Waals surface area contributed by atoms with Gasteiger partial charge in [0.2, 0.25) is 11.9 Å². The molecule has 1 atom stereocenters. The van der Waals surface area contributed by atoms with Gasteiger partial charge >= 0.3 is 0 Å². The Kier molecular flexibility index (Phi) is 5.95. The average Bonchev–Trinajstić information content (AvgIpc) is 2.69. The van der Waals surface area contributed by atoms with E-state index in [1.165, 1.54) is 0 Å². The number of anilines is 1. The van der Waals surface area contributed by atoms with Crippen molar-refractivity contribution in [2.45, 2.75) is 25.4 Å². The highest BCUT2D eigenvalue weighted by molar-refractivity contribution is 5.76. The lowest BCUT2D eigenvalue weighted by atomic mass is 9.87. The van der Waals surface area contributed by atoms with Crippen molar-refractivity contribution in [1.82, 2.24) is 14.9 Å². The zero-order chi connectivity index (χ0) is 17.5. The Balaban J connectivity index is 1.41. The molecule has 0 radical (unpaired) electrons. The largest absolute Gasteiger partial charge is 0.388 e. The van der Waals surface area contributed by atoms with E-state index in [9.17, 15) is 9.90 Å². The smallest absolute Gasteiger partial charge is 0.224 e. The second-order valence-corrected chi connectivity index (χ2v) is 6.32. The van der Waals surface area contributed by atoms with Crippen LogP contribution in [0.4, 0.5) is 5.95 Å². The highest BCUT2D eigenvalue weighted by Gasteiger charge is 2.27. The van der Waals surface area contributed by atoms with E-state index >= 15 is 0 Å². The third-order valence-corrected chi connectivity index (χ3v) is 4.67. The number of hydrogen-bond donors (Lipinski definition) is 2. The second kappa shape index (κ2) is 8.58. The van der Waals surface area contributed by atoms with E-state index < -0.39 is 6.10 Å². The number of benzene rings is 1. The van der Waals surface area contributed by atoms with Gasteiger partial charge in [-0.2, -0.15) is 0 Å². The molecule has 0 unspecified atom stereocenters. The molecule has 1 aromatic carbocycles. The SMILES string of the molecule is O=C(CCNc1ncccn1)N1CCC([C@@H](O)c2ccccc2)CC1. The molecule has 1 saturated heterocycles. The molecule has 2 N–H and O–H groups in total. The van der Waals surface area contributed by atoms with E-state index in [1.807, 2.05) is 35.2 Å². The number of rotatable bonds is 6. The van der Waals surface area contributed by atoms with Gasteiger partial charge in [-0.25, -0.2) is 9.97 Å². The van der Waals surface area contributed by atoms with Gasteiger partial charge in [-0.3, -0.25) is 4.79 Å². The summed E-state index contributed by atoms with van der Waals surface area (Å²) < 4.78 is 0. The molecule has 1 aromatic heterocycles. The van der Waals surface area contributed by atoms with Crippen molar-refractivity contribution < 1.29 is 9.90 Å². The summed E-state index contributed by atoms with van der Waals surface area (Å²) in [5, 5.41) is 13.6. The van der Waals surface area contributed by atoms with Crippen LogP contribution in [-0.2, 0) is 4.79 Å². The van der Waals surface area contributed by atoms with Gasteiger partial charge in [0.15, 0.2) is 0 Å². The molecule has 1 fully saturated rings. The zero-order valence-electron chi connectivity index (χ0n) is 14.2. The van der Waals surface area contributed by atoms with Crippen LogP contribution in [0, 0.1) is 5.92 Å². The molecule has 0 aliphatic carbocycles. The highest BCUT2D eigenvalue weighted by atomic mass is 16.3. The minimum Gasteiger partial charge on any atom is -0.388 e. The standard InChI is InChI=1S/C19H24N4O2/c24-17(7-12-22-19-20-10-4-11-21-19)23-13-8-16(9-14-23)18(25)15-5-2-1-3-6-15/h1-6,10-11,16,18,25H,7-9,12-14H2,(H,20,21,22)/t18-/m0/s1. The minimum atomic E-state index is -0.449. The van der Waals surface area contributed by atoms with Crippen molar-refractivity contribution in [3.8, 4) is 0 Å². The zero-order valence-corrected chi connectivity index (χ0v) is 14.2. The van der Waals surface area contributed by atoms with E-state index in [1.54, 1.807) is 18.5 Å². The third kappa shape index (κ3) is 4.76. The number of carbonyl (C=O) groups is 1. The number of carbonyl (C=O) groups excluding carboxylic acids is 1. The predicted molar refractivity (Wildman–Crippen MR) is 95.8 cm³/mol. The van der Waals surface area contributed by atoms with Crippen LogP contribution in [0.1, 0.15) is 30.9 Å². The molecule has 2 heterocycles. The molecule has 3 rings (SSSR count). The molecule has 6 nitrogen and oxygen atoms in total. The number of hydrogen-bond acceptors (Lipinski definition) is 5. The molecule has 25 heavy (non-hydrogen) atoms. The first-order valence-corrected chi connectivity index (χ1v) is 8.75. The molecular weight excluding hydrogens is 316 g/mol. The molecule has 1 amide bonds. The average molecular weight is 340 g/mol. The van der Waals surface area contributed by atoms with Crippen LogP contribution in [0.15, 0.2) is 48.8 Å². The predicted octanol–water partition coefficient (Wildman–Crippen LogP) is 2.25. The molecule has 0 spiro atoms. The molecule has 132 valence electrons. The first-order valence-electron chi connectivity index (χ1n) is 8.75. The van der Waals surface area contributed by atoms with Crippen LogP contribution in [-0.4, -0.2) is 45.5 Å². The summed E-state index contributed by atoms with van der Waals surface area (Å²) in [6.07, 6.45) is 4.97. The summed E-state index contributed by atoms with van der Waals surface area (Å²) in [6, 6.07) is 11.5. The fourth-order valence-electron chi connectivity index (χ4n) is 3.22. The fourth-order valence-corrected chi connectivity index (χ4v) is 3.22. The number of nitrogens with one attached hydrogen (secondary N) is 1. The maximum absolute atomic E-state index is 12.3. The third-order valence-electron chi connectivity index (χ3n) is 4.67. The number of aliphatic hydroxyl groups is 1. The van der Waals surface area contributed by atoms with Crippen LogP contribution in [0.2, 0.25) is 0 Å². The number of aromatic nitrogens is 2. The van der Waals surface area contributed by atoms with Gasteiger partial charge in [-0.1, -0.05) is 30.3 Å². The van der Waals surface area contributed by atoms with Crippen LogP contribution in [0.5, 0.6) is 0 Å². The number of amides is 1. The van der Waals surface area contributed by atoms with Crippen LogP contribution < -0.4 is 5.32 Å². The van der Waals surface area contributed by atoms with E-state index in [-0.39, 0.29) is 11.8 Å². The lowest BCUT2D eigenvalue weighted by Crippen LogP contribution is -2.40. The van der Waals surface area contributed by atoms with Crippen LogP contribution in [0.25, 0.3) is 0 Å². The molecule has 0 bridgehead atoms. The van der Waals surface area contributed by atoms with Gasteiger partial charge in [-0.15, -0.1) is 0 Å². The van der Waals surface area contributed by atoms with Crippen molar-refractivity contribution in [2.24, 2.45) is 5.92 Å². The summed E-state index contributed by atoms with van der Waals surface area (Å²) in [5.41, 5.74) is 0.958. The Hall–Kier alpha value is -2.47. The summed E-state index contributed by atoms with van der Waals surface area (Å²) in [6.45, 7) is 1.93. The van der Waals surface area contributed by atoms with Crippen molar-refractivity contribution in [3.05, 3.63) is 54.4 Å². The maximum Gasteiger partial charge on any atom is 0.224 e. The Bertz CT molecular complexity index is 658. The first-order chi connectivity index (χ1) is 12.2. The molecule has 0 saturated carbocycles. The van der Waals surface area contributed by atoms with Gasteiger partial charge in [-0.05, 0) is 30.4 Å². The number of aliphatic hydroxyl groups excluding tert-OH is 1. The lowest BCUT2D eigenvalue weighted by Gasteiger charge is -2.34. The Labute approximate surface area is 147 Å². The van der Waals surface area contributed by atoms with Gasteiger partial charge in [0, 0.05) is 38.4 Å². The fraction of sp³-hybridized carbons (Fsp3) is 0.421. The number of likely N-dealkylation sites (tertiary alicyclic amines) is 1. The van der Waals surface area contributed by atoms with E-state index in [4.69, 9.17) is 0 Å².